The quantitative estimate of drug-likeness (QED) is 0.778. The van der Waals surface area contributed by atoms with Gasteiger partial charge in [-0.3, -0.25) is 9.59 Å². The molecule has 0 unspecified atom stereocenters. The number of carbonyl (C=O) groups excluding carboxylic acids is 2. The molecule has 2 aromatic rings. The van der Waals surface area contributed by atoms with Crippen molar-refractivity contribution in [2.24, 2.45) is 17.6 Å². The van der Waals surface area contributed by atoms with Crippen molar-refractivity contribution in [3.63, 3.8) is 0 Å². The number of thiophene rings is 1. The number of amides is 2. The second kappa shape index (κ2) is 8.13. The van der Waals surface area contributed by atoms with Crippen LogP contribution in [0.15, 0.2) is 24.3 Å². The fraction of sp³-hybridized carbons (Fsp3) is 0.429. The fourth-order valence-electron chi connectivity index (χ4n) is 3.24. The molecular formula is C21H26N2O3S. The highest BCUT2D eigenvalue weighted by molar-refractivity contribution is 7.17. The van der Waals surface area contributed by atoms with Crippen molar-refractivity contribution in [3.05, 3.63) is 45.8 Å². The number of hydrogen-bond acceptors (Lipinski definition) is 4. The van der Waals surface area contributed by atoms with Crippen LogP contribution >= 0.6 is 11.3 Å². The molecule has 1 aromatic carbocycles. The Bertz CT molecular complexity index is 840. The smallest absolute Gasteiger partial charge is 0.256 e. The molecule has 1 aliphatic carbocycles. The van der Waals surface area contributed by atoms with Crippen molar-refractivity contribution >= 4 is 28.2 Å². The van der Waals surface area contributed by atoms with Crippen molar-refractivity contribution < 1.29 is 14.3 Å². The number of nitrogens with two attached hydrogens (primary N) is 1. The minimum absolute atomic E-state index is 0.250. The van der Waals surface area contributed by atoms with E-state index in [0.717, 1.165) is 35.5 Å². The van der Waals surface area contributed by atoms with E-state index in [2.05, 4.69) is 26.1 Å². The Labute approximate surface area is 163 Å². The van der Waals surface area contributed by atoms with Crippen molar-refractivity contribution in [1.29, 1.82) is 0 Å². The molecule has 0 spiro atoms. The van der Waals surface area contributed by atoms with Gasteiger partial charge in [0, 0.05) is 10.4 Å². The second-order valence-corrected chi connectivity index (χ2v) is 8.71. The molecule has 1 atom stereocenters. The van der Waals surface area contributed by atoms with Gasteiger partial charge in [0.2, 0.25) is 0 Å². The summed E-state index contributed by atoms with van der Waals surface area (Å²) in [7, 11) is 0. The molecule has 0 saturated carbocycles. The number of nitrogens with one attached hydrogen (secondary N) is 1. The van der Waals surface area contributed by atoms with Crippen LogP contribution in [0.1, 0.15) is 58.3 Å². The number of rotatable bonds is 6. The minimum Gasteiger partial charge on any atom is -0.493 e. The fourth-order valence-corrected chi connectivity index (χ4v) is 4.65. The molecule has 5 nitrogen and oxygen atoms in total. The molecule has 0 aliphatic heterocycles. The molecule has 0 radical (unpaired) electrons. The Morgan fingerprint density at radius 1 is 1.30 bits per heavy atom. The Morgan fingerprint density at radius 3 is 2.63 bits per heavy atom. The van der Waals surface area contributed by atoms with E-state index in [0.29, 0.717) is 34.6 Å². The molecule has 2 amide bonds. The minimum atomic E-state index is -0.477. The van der Waals surface area contributed by atoms with Crippen molar-refractivity contribution in [1.82, 2.24) is 0 Å². The maximum absolute atomic E-state index is 12.6. The molecule has 3 rings (SSSR count). The van der Waals surface area contributed by atoms with Crippen LogP contribution in [0, 0.1) is 11.8 Å². The maximum Gasteiger partial charge on any atom is 0.256 e. The highest BCUT2D eigenvalue weighted by Crippen LogP contribution is 2.39. The lowest BCUT2D eigenvalue weighted by Crippen LogP contribution is -2.19. The summed E-state index contributed by atoms with van der Waals surface area (Å²) in [6, 6.07) is 7.02. The van der Waals surface area contributed by atoms with Crippen LogP contribution in [-0.4, -0.2) is 18.4 Å². The molecule has 0 saturated heterocycles. The second-order valence-electron chi connectivity index (χ2n) is 7.60. The number of anilines is 1. The molecule has 0 bridgehead atoms. The lowest BCUT2D eigenvalue weighted by Gasteiger charge is -2.18. The van der Waals surface area contributed by atoms with Gasteiger partial charge < -0.3 is 15.8 Å². The standard InChI is InChI=1S/C21H26N2O3S/c1-12(2)11-26-15-7-5-14(6-8-15)20(25)23-21-18(19(22)24)16-9-4-13(3)10-17(16)27-21/h5-8,12-13H,4,9-11H2,1-3H3,(H2,22,24)(H,23,25)/t13-/m1/s1. The monoisotopic (exact) mass is 386 g/mol. The van der Waals surface area contributed by atoms with E-state index < -0.39 is 5.91 Å². The summed E-state index contributed by atoms with van der Waals surface area (Å²) in [5.41, 5.74) is 7.62. The van der Waals surface area contributed by atoms with Gasteiger partial charge in [-0.1, -0.05) is 20.8 Å². The summed E-state index contributed by atoms with van der Waals surface area (Å²) in [5, 5.41) is 3.45. The van der Waals surface area contributed by atoms with Crippen LogP contribution in [0.25, 0.3) is 0 Å². The summed E-state index contributed by atoms with van der Waals surface area (Å²) in [6.07, 6.45) is 2.80. The van der Waals surface area contributed by atoms with Crippen molar-refractivity contribution in [3.8, 4) is 5.75 Å². The van der Waals surface area contributed by atoms with Gasteiger partial charge in [-0.05, 0) is 60.9 Å². The largest absolute Gasteiger partial charge is 0.493 e. The number of fused-ring (bicyclic) bond motifs is 1. The lowest BCUT2D eigenvalue weighted by molar-refractivity contribution is 0.1000. The van der Waals surface area contributed by atoms with Crippen LogP contribution < -0.4 is 15.8 Å². The summed E-state index contributed by atoms with van der Waals surface area (Å²) in [4.78, 5) is 25.8. The van der Waals surface area contributed by atoms with E-state index in [-0.39, 0.29) is 5.91 Å². The van der Waals surface area contributed by atoms with Crippen molar-refractivity contribution in [2.45, 2.75) is 40.0 Å². The van der Waals surface area contributed by atoms with Crippen LogP contribution in [0.4, 0.5) is 5.00 Å². The van der Waals surface area contributed by atoms with E-state index in [1.165, 1.54) is 11.3 Å². The van der Waals surface area contributed by atoms with Crippen LogP contribution in [0.3, 0.4) is 0 Å². The average Bonchev–Trinajstić information content (AvgIpc) is 2.97. The zero-order valence-corrected chi connectivity index (χ0v) is 16.8. The highest BCUT2D eigenvalue weighted by Gasteiger charge is 2.27. The average molecular weight is 387 g/mol. The van der Waals surface area contributed by atoms with Crippen LogP contribution in [0.5, 0.6) is 5.75 Å². The van der Waals surface area contributed by atoms with E-state index in [9.17, 15) is 9.59 Å². The lowest BCUT2D eigenvalue weighted by atomic mass is 9.88. The zero-order valence-electron chi connectivity index (χ0n) is 16.0. The predicted octanol–water partition coefficient (Wildman–Crippen LogP) is 4.26. The van der Waals surface area contributed by atoms with Crippen LogP contribution in [0.2, 0.25) is 0 Å². The third-order valence-electron chi connectivity index (χ3n) is 4.68. The van der Waals surface area contributed by atoms with Gasteiger partial charge in [0.25, 0.3) is 11.8 Å². The zero-order chi connectivity index (χ0) is 19.6. The first kappa shape index (κ1) is 19.4. The number of carbonyl (C=O) groups is 2. The molecule has 1 aromatic heterocycles. The number of hydrogen-bond donors (Lipinski definition) is 2. The Morgan fingerprint density at radius 2 is 2.00 bits per heavy atom. The predicted molar refractivity (Wildman–Crippen MR) is 109 cm³/mol. The van der Waals surface area contributed by atoms with Gasteiger partial charge in [0.1, 0.15) is 10.8 Å². The summed E-state index contributed by atoms with van der Waals surface area (Å²) >= 11 is 1.47. The first-order chi connectivity index (χ1) is 12.8. The number of benzene rings is 1. The molecule has 0 fully saturated rings. The van der Waals surface area contributed by atoms with E-state index in [1.54, 1.807) is 24.3 Å². The first-order valence-corrected chi connectivity index (χ1v) is 10.1. The molecule has 1 heterocycles. The van der Waals surface area contributed by atoms with Gasteiger partial charge in [0.15, 0.2) is 0 Å². The number of primary amides is 1. The SMILES string of the molecule is CC(C)COc1ccc(C(=O)Nc2sc3c(c2C(N)=O)CC[C@@H](C)C3)cc1. The first-order valence-electron chi connectivity index (χ1n) is 9.33. The van der Waals surface area contributed by atoms with E-state index in [1.807, 2.05) is 0 Å². The third-order valence-corrected chi connectivity index (χ3v) is 5.85. The Hall–Kier alpha value is -2.34. The molecule has 6 heteroatoms. The third kappa shape index (κ3) is 4.50. The van der Waals surface area contributed by atoms with Gasteiger partial charge in [0.05, 0.1) is 12.2 Å². The maximum atomic E-state index is 12.6. The number of ether oxygens (including phenoxy) is 1. The molecule has 144 valence electrons. The summed E-state index contributed by atoms with van der Waals surface area (Å²) in [5.74, 6) is 1.03. The van der Waals surface area contributed by atoms with Gasteiger partial charge in [-0.25, -0.2) is 0 Å². The molecule has 1 aliphatic rings. The molecule has 27 heavy (non-hydrogen) atoms. The molecular weight excluding hydrogens is 360 g/mol. The summed E-state index contributed by atoms with van der Waals surface area (Å²) < 4.78 is 5.65. The van der Waals surface area contributed by atoms with Gasteiger partial charge >= 0.3 is 0 Å². The Kier molecular flexibility index (Phi) is 5.85. The Balaban J connectivity index is 1.77. The summed E-state index contributed by atoms with van der Waals surface area (Å²) in [6.45, 7) is 7.00. The van der Waals surface area contributed by atoms with Gasteiger partial charge in [-0.2, -0.15) is 0 Å². The van der Waals surface area contributed by atoms with E-state index >= 15 is 0 Å². The van der Waals surface area contributed by atoms with E-state index in [4.69, 9.17) is 10.5 Å². The van der Waals surface area contributed by atoms with Crippen LogP contribution in [-0.2, 0) is 12.8 Å². The normalized spacial score (nSPS) is 16.1. The van der Waals surface area contributed by atoms with Gasteiger partial charge in [-0.15, -0.1) is 11.3 Å². The van der Waals surface area contributed by atoms with Crippen molar-refractivity contribution in [2.75, 3.05) is 11.9 Å². The highest BCUT2D eigenvalue weighted by atomic mass is 32.1. The topological polar surface area (TPSA) is 81.4 Å². The molecule has 3 N–H and O–H groups in total.